The van der Waals surface area contributed by atoms with E-state index in [2.05, 4.69) is 6.92 Å². The predicted octanol–water partition coefficient (Wildman–Crippen LogP) is 2.30. The SMILES string of the molecule is COc1cc(C)sc1C(=O)N1CCC(C)(CN)C1.Cl. The lowest BCUT2D eigenvalue weighted by atomic mass is 9.90. The summed E-state index contributed by atoms with van der Waals surface area (Å²) < 4.78 is 5.26. The number of nitrogens with two attached hydrogens (primary N) is 1. The fraction of sp³-hybridized carbons (Fsp3) is 0.615. The highest BCUT2D eigenvalue weighted by Gasteiger charge is 2.36. The maximum Gasteiger partial charge on any atom is 0.267 e. The summed E-state index contributed by atoms with van der Waals surface area (Å²) in [5.74, 6) is 0.756. The van der Waals surface area contributed by atoms with Gasteiger partial charge >= 0.3 is 0 Å². The van der Waals surface area contributed by atoms with Crippen LogP contribution in [0, 0.1) is 12.3 Å². The summed E-state index contributed by atoms with van der Waals surface area (Å²) in [6.07, 6.45) is 0.974. The van der Waals surface area contributed by atoms with Gasteiger partial charge < -0.3 is 15.4 Å². The topological polar surface area (TPSA) is 55.6 Å². The molecular formula is C13H21ClN2O2S. The molecule has 0 spiro atoms. The molecule has 2 N–H and O–H groups in total. The van der Waals surface area contributed by atoms with Gasteiger partial charge in [0.15, 0.2) is 0 Å². The number of ether oxygens (including phenoxy) is 1. The largest absolute Gasteiger partial charge is 0.495 e. The van der Waals surface area contributed by atoms with Crippen molar-refractivity contribution in [3.05, 3.63) is 15.8 Å². The van der Waals surface area contributed by atoms with Gasteiger partial charge in [-0.2, -0.15) is 0 Å². The summed E-state index contributed by atoms with van der Waals surface area (Å²) in [6, 6.07) is 1.91. The van der Waals surface area contributed by atoms with E-state index in [1.807, 2.05) is 17.9 Å². The molecule has 1 aliphatic rings. The van der Waals surface area contributed by atoms with Gasteiger partial charge in [0.1, 0.15) is 10.6 Å². The lowest BCUT2D eigenvalue weighted by Gasteiger charge is -2.22. The van der Waals surface area contributed by atoms with Gasteiger partial charge in [0.25, 0.3) is 5.91 Å². The summed E-state index contributed by atoms with van der Waals surface area (Å²) in [5, 5.41) is 0. The van der Waals surface area contributed by atoms with Crippen molar-refractivity contribution in [2.45, 2.75) is 20.3 Å². The number of halogens is 1. The van der Waals surface area contributed by atoms with Crippen molar-refractivity contribution in [3.8, 4) is 5.75 Å². The Labute approximate surface area is 124 Å². The number of methoxy groups -OCH3 is 1. The zero-order valence-electron chi connectivity index (χ0n) is 11.6. The van der Waals surface area contributed by atoms with Crippen LogP contribution in [0.3, 0.4) is 0 Å². The van der Waals surface area contributed by atoms with Crippen LogP contribution in [-0.4, -0.2) is 37.6 Å². The number of carbonyl (C=O) groups excluding carboxylic acids is 1. The lowest BCUT2D eigenvalue weighted by Crippen LogP contribution is -2.34. The van der Waals surface area contributed by atoms with Crippen LogP contribution in [0.4, 0.5) is 0 Å². The molecule has 4 nitrogen and oxygen atoms in total. The second-order valence-electron chi connectivity index (χ2n) is 5.25. The molecule has 0 saturated carbocycles. The average molecular weight is 305 g/mol. The zero-order valence-corrected chi connectivity index (χ0v) is 13.2. The van der Waals surface area contributed by atoms with Crippen LogP contribution in [0.1, 0.15) is 27.9 Å². The Bertz CT molecular complexity index is 463. The number of hydrogen-bond acceptors (Lipinski definition) is 4. The molecule has 19 heavy (non-hydrogen) atoms. The molecule has 1 aliphatic heterocycles. The standard InChI is InChI=1S/C13H20N2O2S.ClH/c1-9-6-10(17-3)11(18-9)12(16)15-5-4-13(2,7-14)8-15;/h6H,4-5,7-8,14H2,1-3H3;1H. The van der Waals surface area contributed by atoms with E-state index in [0.717, 1.165) is 24.4 Å². The van der Waals surface area contributed by atoms with Crippen molar-refractivity contribution in [2.75, 3.05) is 26.7 Å². The minimum atomic E-state index is 0. The fourth-order valence-electron chi connectivity index (χ4n) is 2.30. The van der Waals surface area contributed by atoms with Crippen molar-refractivity contribution in [1.82, 2.24) is 4.90 Å². The number of aryl methyl sites for hydroxylation is 1. The van der Waals surface area contributed by atoms with Crippen molar-refractivity contribution < 1.29 is 9.53 Å². The van der Waals surface area contributed by atoms with Crippen LogP contribution in [0.5, 0.6) is 5.75 Å². The molecule has 2 rings (SSSR count). The molecule has 1 amide bonds. The molecule has 6 heteroatoms. The van der Waals surface area contributed by atoms with Crippen LogP contribution in [0.15, 0.2) is 6.07 Å². The van der Waals surface area contributed by atoms with Gasteiger partial charge in [-0.25, -0.2) is 0 Å². The van der Waals surface area contributed by atoms with E-state index in [1.165, 1.54) is 11.3 Å². The molecule has 0 bridgehead atoms. The van der Waals surface area contributed by atoms with E-state index in [4.69, 9.17) is 10.5 Å². The number of carbonyl (C=O) groups is 1. The Morgan fingerprint density at radius 1 is 1.63 bits per heavy atom. The van der Waals surface area contributed by atoms with E-state index < -0.39 is 0 Å². The normalized spacial score (nSPS) is 22.2. The number of likely N-dealkylation sites (tertiary alicyclic amines) is 1. The summed E-state index contributed by atoms with van der Waals surface area (Å²) in [6.45, 7) is 6.27. The van der Waals surface area contributed by atoms with Gasteiger partial charge in [-0.1, -0.05) is 6.92 Å². The highest BCUT2D eigenvalue weighted by Crippen LogP contribution is 2.34. The molecule has 0 aliphatic carbocycles. The molecule has 1 fully saturated rings. The molecule has 108 valence electrons. The Balaban J connectivity index is 0.00000180. The van der Waals surface area contributed by atoms with E-state index in [9.17, 15) is 4.79 Å². The maximum atomic E-state index is 12.5. The number of hydrogen-bond donors (Lipinski definition) is 1. The van der Waals surface area contributed by atoms with Crippen molar-refractivity contribution in [1.29, 1.82) is 0 Å². The molecule has 1 saturated heterocycles. The molecule has 0 aromatic carbocycles. The predicted molar refractivity (Wildman–Crippen MR) is 80.5 cm³/mol. The second kappa shape index (κ2) is 6.11. The van der Waals surface area contributed by atoms with E-state index in [0.29, 0.717) is 17.2 Å². The molecule has 2 heterocycles. The molecule has 1 atom stereocenters. The van der Waals surface area contributed by atoms with E-state index in [1.54, 1.807) is 7.11 Å². The molecule has 1 aromatic rings. The van der Waals surface area contributed by atoms with Gasteiger partial charge in [0.2, 0.25) is 0 Å². The number of rotatable bonds is 3. The summed E-state index contributed by atoms with van der Waals surface area (Å²) in [7, 11) is 1.60. The van der Waals surface area contributed by atoms with Crippen molar-refractivity contribution in [2.24, 2.45) is 11.1 Å². The third kappa shape index (κ3) is 3.22. The first kappa shape index (κ1) is 16.3. The quantitative estimate of drug-likeness (QED) is 0.932. The minimum absolute atomic E-state index is 0. The first-order chi connectivity index (χ1) is 8.49. The highest BCUT2D eigenvalue weighted by atomic mass is 35.5. The summed E-state index contributed by atoms with van der Waals surface area (Å²) in [5.41, 5.74) is 5.83. The van der Waals surface area contributed by atoms with Crippen LogP contribution in [-0.2, 0) is 0 Å². The third-order valence-electron chi connectivity index (χ3n) is 3.57. The van der Waals surface area contributed by atoms with Crippen LogP contribution in [0.2, 0.25) is 0 Å². The third-order valence-corrected chi connectivity index (χ3v) is 4.59. The molecule has 1 aromatic heterocycles. The highest BCUT2D eigenvalue weighted by molar-refractivity contribution is 7.14. The van der Waals surface area contributed by atoms with Crippen molar-refractivity contribution in [3.63, 3.8) is 0 Å². The smallest absolute Gasteiger partial charge is 0.267 e. The second-order valence-corrected chi connectivity index (χ2v) is 6.50. The van der Waals surface area contributed by atoms with Gasteiger partial charge in [0, 0.05) is 18.0 Å². The van der Waals surface area contributed by atoms with E-state index >= 15 is 0 Å². The average Bonchev–Trinajstić information content (AvgIpc) is 2.92. The van der Waals surface area contributed by atoms with Gasteiger partial charge in [-0.3, -0.25) is 4.79 Å². The first-order valence-electron chi connectivity index (χ1n) is 6.13. The fourth-order valence-corrected chi connectivity index (χ4v) is 3.25. The number of thiophene rings is 1. The van der Waals surface area contributed by atoms with Gasteiger partial charge in [-0.05, 0) is 31.4 Å². The minimum Gasteiger partial charge on any atom is -0.495 e. The van der Waals surface area contributed by atoms with Crippen molar-refractivity contribution >= 4 is 29.7 Å². The van der Waals surface area contributed by atoms with E-state index in [-0.39, 0.29) is 23.7 Å². The number of amides is 1. The zero-order chi connectivity index (χ0) is 13.3. The monoisotopic (exact) mass is 304 g/mol. The summed E-state index contributed by atoms with van der Waals surface area (Å²) in [4.78, 5) is 16.1. The summed E-state index contributed by atoms with van der Waals surface area (Å²) >= 11 is 1.49. The number of nitrogens with zero attached hydrogens (tertiary/aromatic N) is 1. The van der Waals surface area contributed by atoms with Crippen LogP contribution < -0.4 is 10.5 Å². The Kier molecular flexibility index (Phi) is 5.24. The van der Waals surface area contributed by atoms with Crippen LogP contribution >= 0.6 is 23.7 Å². The molecular weight excluding hydrogens is 284 g/mol. The Morgan fingerprint density at radius 3 is 2.84 bits per heavy atom. The maximum absolute atomic E-state index is 12.5. The lowest BCUT2D eigenvalue weighted by molar-refractivity contribution is 0.0778. The Morgan fingerprint density at radius 2 is 2.32 bits per heavy atom. The van der Waals surface area contributed by atoms with Gasteiger partial charge in [0.05, 0.1) is 7.11 Å². The van der Waals surface area contributed by atoms with Gasteiger partial charge in [-0.15, -0.1) is 23.7 Å². The van der Waals surface area contributed by atoms with Crippen LogP contribution in [0.25, 0.3) is 0 Å². The molecule has 0 radical (unpaired) electrons. The Hall–Kier alpha value is -0.780. The molecule has 1 unspecified atom stereocenters. The first-order valence-corrected chi connectivity index (χ1v) is 6.94.